The normalized spacial score (nSPS) is 10.8. The van der Waals surface area contributed by atoms with E-state index in [0.29, 0.717) is 0 Å². The second kappa shape index (κ2) is 5.01. The third-order valence-corrected chi connectivity index (χ3v) is 2.24. The molecule has 0 amide bonds. The zero-order valence-electron chi connectivity index (χ0n) is 10.7. The number of nitrogens with zero attached hydrogens (tertiary/aromatic N) is 3. The topological polar surface area (TPSA) is 38.7 Å². The van der Waals surface area contributed by atoms with E-state index in [9.17, 15) is 0 Å². The molecule has 0 atom stereocenters. The number of aromatic nitrogens is 3. The Morgan fingerprint density at radius 3 is 2.31 bits per heavy atom. The third-order valence-electron chi connectivity index (χ3n) is 2.24. The highest BCUT2D eigenvalue weighted by Crippen LogP contribution is 2.27. The molecule has 0 aliphatic heterocycles. The average Bonchev–Trinajstić information content (AvgIpc) is 2.30. The zero-order chi connectivity index (χ0) is 12.2. The summed E-state index contributed by atoms with van der Waals surface area (Å²) in [7, 11) is 0. The van der Waals surface area contributed by atoms with Crippen molar-refractivity contribution in [2.75, 3.05) is 0 Å². The maximum absolute atomic E-state index is 4.18. The van der Waals surface area contributed by atoms with E-state index in [0.717, 1.165) is 11.0 Å². The third kappa shape index (κ3) is 2.54. The van der Waals surface area contributed by atoms with E-state index in [-0.39, 0.29) is 5.41 Å². The monoisotopic (exact) mass is 217 g/mol. The first kappa shape index (κ1) is 12.6. The van der Waals surface area contributed by atoms with Crippen LogP contribution in [0.2, 0.25) is 0 Å². The SMILES string of the molecule is CC.CC(C)(C)c1ccnc2nnccc12. The van der Waals surface area contributed by atoms with Crippen molar-refractivity contribution in [3.05, 3.63) is 30.1 Å². The number of hydrogen-bond acceptors (Lipinski definition) is 3. The fourth-order valence-electron chi connectivity index (χ4n) is 1.56. The lowest BCUT2D eigenvalue weighted by Gasteiger charge is -2.20. The predicted octanol–water partition coefficient (Wildman–Crippen LogP) is 3.35. The summed E-state index contributed by atoms with van der Waals surface area (Å²) in [6, 6.07) is 4.01. The van der Waals surface area contributed by atoms with Gasteiger partial charge in [0.25, 0.3) is 0 Å². The minimum absolute atomic E-state index is 0.115. The molecule has 2 aromatic rings. The van der Waals surface area contributed by atoms with Crippen LogP contribution in [0.1, 0.15) is 40.2 Å². The van der Waals surface area contributed by atoms with Crippen LogP contribution in [0.3, 0.4) is 0 Å². The van der Waals surface area contributed by atoms with Gasteiger partial charge in [-0.05, 0) is 23.1 Å². The highest BCUT2D eigenvalue weighted by atomic mass is 15.1. The Bertz CT molecular complexity index is 453. The van der Waals surface area contributed by atoms with Crippen LogP contribution in [0.5, 0.6) is 0 Å². The molecule has 2 heterocycles. The molecule has 2 rings (SSSR count). The molecule has 0 N–H and O–H groups in total. The van der Waals surface area contributed by atoms with Crippen molar-refractivity contribution in [2.45, 2.75) is 40.0 Å². The molecule has 0 aliphatic carbocycles. The molecule has 86 valence electrons. The molecule has 0 aromatic carbocycles. The van der Waals surface area contributed by atoms with Crippen LogP contribution >= 0.6 is 0 Å². The fourth-order valence-corrected chi connectivity index (χ4v) is 1.56. The van der Waals surface area contributed by atoms with Crippen molar-refractivity contribution in [1.29, 1.82) is 0 Å². The zero-order valence-corrected chi connectivity index (χ0v) is 10.7. The molecule has 0 bridgehead atoms. The summed E-state index contributed by atoms with van der Waals surface area (Å²) < 4.78 is 0. The first-order valence-electron chi connectivity index (χ1n) is 5.66. The van der Waals surface area contributed by atoms with Gasteiger partial charge in [-0.25, -0.2) is 4.98 Å². The first-order chi connectivity index (χ1) is 7.59. The van der Waals surface area contributed by atoms with Crippen LogP contribution in [0.25, 0.3) is 11.0 Å². The largest absolute Gasteiger partial charge is 0.235 e. The van der Waals surface area contributed by atoms with Crippen molar-refractivity contribution in [1.82, 2.24) is 15.2 Å². The molecule has 0 unspecified atom stereocenters. The Labute approximate surface area is 96.9 Å². The van der Waals surface area contributed by atoms with Crippen LogP contribution in [0, 0.1) is 0 Å². The number of hydrogen-bond donors (Lipinski definition) is 0. The molecule has 0 saturated carbocycles. The average molecular weight is 217 g/mol. The Morgan fingerprint density at radius 1 is 1.00 bits per heavy atom. The van der Waals surface area contributed by atoms with Gasteiger partial charge in [-0.2, -0.15) is 5.10 Å². The van der Waals surface area contributed by atoms with Gasteiger partial charge in [0.15, 0.2) is 5.65 Å². The lowest BCUT2D eigenvalue weighted by Crippen LogP contribution is -2.12. The van der Waals surface area contributed by atoms with E-state index < -0.39 is 0 Å². The molecule has 16 heavy (non-hydrogen) atoms. The van der Waals surface area contributed by atoms with Crippen LogP contribution in [0.4, 0.5) is 0 Å². The lowest BCUT2D eigenvalue weighted by molar-refractivity contribution is 0.595. The van der Waals surface area contributed by atoms with E-state index in [2.05, 4.69) is 36.0 Å². The van der Waals surface area contributed by atoms with E-state index in [1.165, 1.54) is 5.56 Å². The summed E-state index contributed by atoms with van der Waals surface area (Å²) in [5.41, 5.74) is 2.10. The predicted molar refractivity (Wildman–Crippen MR) is 67.4 cm³/mol. The number of pyridine rings is 1. The van der Waals surface area contributed by atoms with E-state index in [4.69, 9.17) is 0 Å². The summed E-state index contributed by atoms with van der Waals surface area (Å²) >= 11 is 0. The smallest absolute Gasteiger partial charge is 0.182 e. The van der Waals surface area contributed by atoms with E-state index in [1.807, 2.05) is 26.0 Å². The van der Waals surface area contributed by atoms with E-state index in [1.54, 1.807) is 12.4 Å². The van der Waals surface area contributed by atoms with Gasteiger partial charge in [-0.1, -0.05) is 34.6 Å². The van der Waals surface area contributed by atoms with E-state index >= 15 is 0 Å². The second-order valence-corrected chi connectivity index (χ2v) is 4.38. The van der Waals surface area contributed by atoms with Gasteiger partial charge in [-0.3, -0.25) is 0 Å². The van der Waals surface area contributed by atoms with Gasteiger partial charge in [0.2, 0.25) is 0 Å². The highest BCUT2D eigenvalue weighted by Gasteiger charge is 2.16. The Balaban J connectivity index is 0.000000606. The number of fused-ring (bicyclic) bond motifs is 1. The molecule has 0 saturated heterocycles. The molecule has 3 heteroatoms. The highest BCUT2D eigenvalue weighted by molar-refractivity contribution is 5.78. The van der Waals surface area contributed by atoms with Crippen LogP contribution < -0.4 is 0 Å². The molecule has 0 spiro atoms. The maximum Gasteiger partial charge on any atom is 0.182 e. The molecule has 0 radical (unpaired) electrons. The van der Waals surface area contributed by atoms with Gasteiger partial charge < -0.3 is 0 Å². The molecule has 2 aromatic heterocycles. The number of rotatable bonds is 0. The van der Waals surface area contributed by atoms with Crippen LogP contribution in [-0.2, 0) is 5.41 Å². The molecular weight excluding hydrogens is 198 g/mol. The van der Waals surface area contributed by atoms with Gasteiger partial charge in [0, 0.05) is 11.6 Å². The Kier molecular flexibility index (Phi) is 3.93. The van der Waals surface area contributed by atoms with Gasteiger partial charge in [0.05, 0.1) is 6.20 Å². The minimum atomic E-state index is 0.115. The molecule has 0 aliphatic rings. The second-order valence-electron chi connectivity index (χ2n) is 4.38. The van der Waals surface area contributed by atoms with Crippen molar-refractivity contribution < 1.29 is 0 Å². The van der Waals surface area contributed by atoms with Crippen LogP contribution in [-0.4, -0.2) is 15.2 Å². The Morgan fingerprint density at radius 2 is 1.69 bits per heavy atom. The van der Waals surface area contributed by atoms with Crippen molar-refractivity contribution in [3.8, 4) is 0 Å². The summed E-state index contributed by atoms with van der Waals surface area (Å²) in [5, 5.41) is 8.91. The summed E-state index contributed by atoms with van der Waals surface area (Å²) in [6.45, 7) is 10.5. The lowest BCUT2D eigenvalue weighted by atomic mass is 9.86. The minimum Gasteiger partial charge on any atom is -0.235 e. The Hall–Kier alpha value is -1.51. The molecular formula is C13H19N3. The molecule has 3 nitrogen and oxygen atoms in total. The van der Waals surface area contributed by atoms with Crippen molar-refractivity contribution in [2.24, 2.45) is 0 Å². The maximum atomic E-state index is 4.18. The summed E-state index contributed by atoms with van der Waals surface area (Å²) in [5.74, 6) is 0. The van der Waals surface area contributed by atoms with Crippen LogP contribution in [0.15, 0.2) is 24.5 Å². The molecule has 0 fully saturated rings. The quantitative estimate of drug-likeness (QED) is 0.679. The van der Waals surface area contributed by atoms with Crippen molar-refractivity contribution >= 4 is 11.0 Å². The summed E-state index contributed by atoms with van der Waals surface area (Å²) in [6.07, 6.45) is 3.50. The van der Waals surface area contributed by atoms with Crippen molar-refractivity contribution in [3.63, 3.8) is 0 Å². The standard InChI is InChI=1S/C11H13N3.C2H6/c1-11(2,3)9-5-6-12-10-8(9)4-7-13-14-10;1-2/h4-7H,1-3H3;1-2H3. The van der Waals surface area contributed by atoms with Gasteiger partial charge >= 0.3 is 0 Å². The first-order valence-corrected chi connectivity index (χ1v) is 5.66. The van der Waals surface area contributed by atoms with Gasteiger partial charge in [0.1, 0.15) is 0 Å². The summed E-state index contributed by atoms with van der Waals surface area (Å²) in [4.78, 5) is 4.18. The van der Waals surface area contributed by atoms with Gasteiger partial charge in [-0.15, -0.1) is 5.10 Å². The fraction of sp³-hybridized carbons (Fsp3) is 0.462.